The van der Waals surface area contributed by atoms with Crippen molar-refractivity contribution in [1.29, 1.82) is 0 Å². The van der Waals surface area contributed by atoms with Crippen LogP contribution >= 0.6 is 0 Å². The fraction of sp³-hybridized carbons (Fsp3) is 0.368. The molecule has 1 aromatic carbocycles. The van der Waals surface area contributed by atoms with Gasteiger partial charge in [0.25, 0.3) is 5.91 Å². The predicted molar refractivity (Wildman–Crippen MR) is 91.3 cm³/mol. The Labute approximate surface area is 140 Å². The largest absolute Gasteiger partial charge is 0.497 e. The summed E-state index contributed by atoms with van der Waals surface area (Å²) in [5, 5.41) is 0. The Morgan fingerprint density at radius 1 is 1.12 bits per heavy atom. The number of hydrogen-bond acceptors (Lipinski definition) is 3. The Balaban J connectivity index is 1.89. The minimum Gasteiger partial charge on any atom is -0.497 e. The Kier molecular flexibility index (Phi) is 3.27. The van der Waals surface area contributed by atoms with Crippen molar-refractivity contribution in [1.82, 2.24) is 9.88 Å². The molecule has 0 radical (unpaired) electrons. The van der Waals surface area contributed by atoms with Crippen molar-refractivity contribution in [2.75, 3.05) is 14.2 Å². The van der Waals surface area contributed by atoms with Crippen LogP contribution in [-0.2, 0) is 5.54 Å². The standard InChI is InChI=1S/C19H20N2O3/c1-21-18(23)16-15(22)11-14(12-5-7-13(24-2)8-6-12)20-17(16)19(21)9-3-4-10-19/h5-8,11H,3-4,9-10H2,1-2H3,(H,20,22). The molecule has 4 rings (SSSR count). The highest BCUT2D eigenvalue weighted by atomic mass is 16.5. The van der Waals surface area contributed by atoms with Gasteiger partial charge in [-0.3, -0.25) is 9.59 Å². The first-order chi connectivity index (χ1) is 11.6. The molecule has 0 bridgehead atoms. The van der Waals surface area contributed by atoms with Gasteiger partial charge in [0.1, 0.15) is 11.3 Å². The van der Waals surface area contributed by atoms with E-state index in [1.54, 1.807) is 12.0 Å². The minimum absolute atomic E-state index is 0.158. The van der Waals surface area contributed by atoms with E-state index in [1.807, 2.05) is 31.3 Å². The van der Waals surface area contributed by atoms with Crippen LogP contribution in [0.15, 0.2) is 35.1 Å². The van der Waals surface area contributed by atoms with Crippen LogP contribution in [0.2, 0.25) is 0 Å². The fourth-order valence-electron chi connectivity index (χ4n) is 4.12. The van der Waals surface area contributed by atoms with Gasteiger partial charge < -0.3 is 14.6 Å². The smallest absolute Gasteiger partial charge is 0.260 e. The normalized spacial score (nSPS) is 18.2. The molecule has 1 fully saturated rings. The quantitative estimate of drug-likeness (QED) is 0.924. The maximum absolute atomic E-state index is 12.6. The first-order valence-corrected chi connectivity index (χ1v) is 8.27. The summed E-state index contributed by atoms with van der Waals surface area (Å²) < 4.78 is 5.18. The Hall–Kier alpha value is -2.56. The third kappa shape index (κ3) is 1.94. The third-order valence-electron chi connectivity index (χ3n) is 5.49. The molecule has 1 spiro atoms. The van der Waals surface area contributed by atoms with Gasteiger partial charge in [-0.15, -0.1) is 0 Å². The number of nitrogens with zero attached hydrogens (tertiary/aromatic N) is 1. The highest BCUT2D eigenvalue weighted by molar-refractivity contribution is 5.99. The molecule has 5 nitrogen and oxygen atoms in total. The van der Waals surface area contributed by atoms with Crippen molar-refractivity contribution in [2.24, 2.45) is 0 Å². The Bertz CT molecular complexity index is 861. The molecule has 1 aliphatic heterocycles. The van der Waals surface area contributed by atoms with Gasteiger partial charge in [0.15, 0.2) is 5.43 Å². The number of H-pyrrole nitrogens is 1. The number of amides is 1. The van der Waals surface area contributed by atoms with Gasteiger partial charge in [0.05, 0.1) is 18.3 Å². The van der Waals surface area contributed by atoms with Crippen molar-refractivity contribution in [2.45, 2.75) is 31.2 Å². The summed E-state index contributed by atoms with van der Waals surface area (Å²) in [5.41, 5.74) is 2.23. The number of rotatable bonds is 2. The lowest BCUT2D eigenvalue weighted by Crippen LogP contribution is -2.38. The first kappa shape index (κ1) is 15.0. The zero-order valence-electron chi connectivity index (χ0n) is 13.9. The molecule has 5 heteroatoms. The van der Waals surface area contributed by atoms with Crippen molar-refractivity contribution in [3.8, 4) is 17.0 Å². The second kappa shape index (κ2) is 5.23. The average Bonchev–Trinajstić information content (AvgIpc) is 3.17. The lowest BCUT2D eigenvalue weighted by molar-refractivity contribution is 0.0636. The van der Waals surface area contributed by atoms with E-state index in [0.717, 1.165) is 48.4 Å². The van der Waals surface area contributed by atoms with Crippen LogP contribution in [0.4, 0.5) is 0 Å². The van der Waals surface area contributed by atoms with E-state index in [0.29, 0.717) is 5.56 Å². The van der Waals surface area contributed by atoms with Crippen LogP contribution in [0.5, 0.6) is 5.75 Å². The molecule has 1 aliphatic carbocycles. The van der Waals surface area contributed by atoms with Crippen molar-refractivity contribution >= 4 is 5.91 Å². The molecule has 2 aliphatic rings. The van der Waals surface area contributed by atoms with Gasteiger partial charge in [-0.2, -0.15) is 0 Å². The molecule has 0 saturated heterocycles. The molecule has 2 aromatic rings. The second-order valence-electron chi connectivity index (χ2n) is 6.63. The molecule has 24 heavy (non-hydrogen) atoms. The zero-order valence-corrected chi connectivity index (χ0v) is 13.9. The Morgan fingerprint density at radius 2 is 1.79 bits per heavy atom. The number of nitrogens with one attached hydrogen (secondary N) is 1. The van der Waals surface area contributed by atoms with Gasteiger partial charge in [0, 0.05) is 18.8 Å². The van der Waals surface area contributed by atoms with Crippen LogP contribution in [-0.4, -0.2) is 29.9 Å². The molecular weight excluding hydrogens is 304 g/mol. The third-order valence-corrected chi connectivity index (χ3v) is 5.49. The number of carbonyl (C=O) groups excluding carboxylic acids is 1. The van der Waals surface area contributed by atoms with Crippen molar-refractivity contribution in [3.63, 3.8) is 0 Å². The monoisotopic (exact) mass is 324 g/mol. The molecule has 1 amide bonds. The molecule has 1 aromatic heterocycles. The summed E-state index contributed by atoms with van der Waals surface area (Å²) in [6.07, 6.45) is 3.96. The summed E-state index contributed by atoms with van der Waals surface area (Å²) in [5.74, 6) is 0.610. The molecule has 2 heterocycles. The predicted octanol–water partition coefficient (Wildman–Crippen LogP) is 2.91. The number of fused-ring (bicyclic) bond motifs is 2. The molecule has 1 N–H and O–H groups in total. The van der Waals surface area contributed by atoms with E-state index in [-0.39, 0.29) is 16.9 Å². The number of carbonyl (C=O) groups is 1. The van der Waals surface area contributed by atoms with E-state index >= 15 is 0 Å². The summed E-state index contributed by atoms with van der Waals surface area (Å²) >= 11 is 0. The van der Waals surface area contributed by atoms with E-state index in [1.165, 1.54) is 6.07 Å². The van der Waals surface area contributed by atoms with Gasteiger partial charge in [-0.05, 0) is 42.7 Å². The van der Waals surface area contributed by atoms with Gasteiger partial charge in [0.2, 0.25) is 0 Å². The van der Waals surface area contributed by atoms with Gasteiger partial charge >= 0.3 is 0 Å². The summed E-state index contributed by atoms with van der Waals surface area (Å²) in [6, 6.07) is 9.09. The highest BCUT2D eigenvalue weighted by Crippen LogP contribution is 2.47. The van der Waals surface area contributed by atoms with Crippen LogP contribution in [0.1, 0.15) is 41.7 Å². The van der Waals surface area contributed by atoms with E-state index in [4.69, 9.17) is 4.74 Å². The SMILES string of the molecule is COc1ccc(-c2cc(=O)c3c([nH]2)C2(CCCC2)N(C)C3=O)cc1. The van der Waals surface area contributed by atoms with Crippen molar-refractivity contribution < 1.29 is 9.53 Å². The molecular formula is C19H20N2O3. The molecule has 1 saturated carbocycles. The van der Waals surface area contributed by atoms with Crippen LogP contribution in [0, 0.1) is 0 Å². The van der Waals surface area contributed by atoms with E-state index in [9.17, 15) is 9.59 Å². The lowest BCUT2D eigenvalue weighted by atomic mass is 9.92. The maximum Gasteiger partial charge on any atom is 0.260 e. The summed E-state index contributed by atoms with van der Waals surface area (Å²) in [7, 11) is 3.44. The Morgan fingerprint density at radius 3 is 2.42 bits per heavy atom. The zero-order chi connectivity index (χ0) is 16.9. The number of ether oxygens (including phenoxy) is 1. The number of hydrogen-bond donors (Lipinski definition) is 1. The first-order valence-electron chi connectivity index (χ1n) is 8.27. The fourth-order valence-corrected chi connectivity index (χ4v) is 4.12. The molecule has 0 atom stereocenters. The number of aromatic amines is 1. The molecule has 124 valence electrons. The molecule has 0 unspecified atom stereocenters. The van der Waals surface area contributed by atoms with Crippen molar-refractivity contribution in [3.05, 3.63) is 51.8 Å². The van der Waals surface area contributed by atoms with Gasteiger partial charge in [-0.25, -0.2) is 0 Å². The van der Waals surface area contributed by atoms with Gasteiger partial charge in [-0.1, -0.05) is 12.8 Å². The van der Waals surface area contributed by atoms with Crippen LogP contribution < -0.4 is 10.2 Å². The average molecular weight is 324 g/mol. The summed E-state index contributed by atoms with van der Waals surface area (Å²) in [4.78, 5) is 30.4. The second-order valence-corrected chi connectivity index (χ2v) is 6.63. The topological polar surface area (TPSA) is 62.4 Å². The maximum atomic E-state index is 12.6. The van der Waals surface area contributed by atoms with E-state index < -0.39 is 0 Å². The minimum atomic E-state index is -0.339. The highest BCUT2D eigenvalue weighted by Gasteiger charge is 2.51. The van der Waals surface area contributed by atoms with Crippen LogP contribution in [0.25, 0.3) is 11.3 Å². The lowest BCUT2D eigenvalue weighted by Gasteiger charge is -2.32. The van der Waals surface area contributed by atoms with E-state index in [2.05, 4.69) is 4.98 Å². The number of pyridine rings is 1. The van der Waals surface area contributed by atoms with Crippen LogP contribution in [0.3, 0.4) is 0 Å². The summed E-state index contributed by atoms with van der Waals surface area (Å²) in [6.45, 7) is 0. The number of benzene rings is 1. The number of methoxy groups -OCH3 is 1. The number of aromatic nitrogens is 1.